The highest BCUT2D eigenvalue weighted by Crippen LogP contribution is 2.11. The standard InChI is InChI=1S/C15H18N4O/c1-11-8-12(15(16)19-20)5-6-13(11)9-17-10-14-4-2-3-7-18-14/h2-8,17,20H,9-10H2,1H3,(H2,16,19). The number of hydrogen-bond acceptors (Lipinski definition) is 4. The van der Waals surface area contributed by atoms with Crippen molar-refractivity contribution in [2.45, 2.75) is 20.0 Å². The van der Waals surface area contributed by atoms with Crippen molar-refractivity contribution >= 4 is 5.84 Å². The van der Waals surface area contributed by atoms with Gasteiger partial charge in [-0.25, -0.2) is 0 Å². The molecule has 0 bridgehead atoms. The monoisotopic (exact) mass is 270 g/mol. The minimum absolute atomic E-state index is 0.126. The Balaban J connectivity index is 1.97. The van der Waals surface area contributed by atoms with Gasteiger partial charge in [0.15, 0.2) is 5.84 Å². The van der Waals surface area contributed by atoms with E-state index in [2.05, 4.69) is 15.5 Å². The van der Waals surface area contributed by atoms with Gasteiger partial charge in [-0.1, -0.05) is 23.4 Å². The van der Waals surface area contributed by atoms with Crippen LogP contribution in [0.4, 0.5) is 0 Å². The summed E-state index contributed by atoms with van der Waals surface area (Å²) in [5, 5.41) is 15.0. The van der Waals surface area contributed by atoms with Crippen LogP contribution in [0.5, 0.6) is 0 Å². The summed E-state index contributed by atoms with van der Waals surface area (Å²) in [6, 6.07) is 11.6. The van der Waals surface area contributed by atoms with Crippen molar-refractivity contribution in [2.24, 2.45) is 10.9 Å². The van der Waals surface area contributed by atoms with Gasteiger partial charge in [0.1, 0.15) is 0 Å². The maximum Gasteiger partial charge on any atom is 0.170 e. The van der Waals surface area contributed by atoms with Crippen LogP contribution >= 0.6 is 0 Å². The first kappa shape index (κ1) is 14.0. The van der Waals surface area contributed by atoms with Crippen LogP contribution < -0.4 is 11.1 Å². The molecular formula is C15H18N4O. The van der Waals surface area contributed by atoms with Crippen LogP contribution in [0.25, 0.3) is 0 Å². The van der Waals surface area contributed by atoms with Crippen molar-refractivity contribution in [1.29, 1.82) is 0 Å². The first-order chi connectivity index (χ1) is 9.70. The van der Waals surface area contributed by atoms with E-state index in [0.717, 1.165) is 29.9 Å². The largest absolute Gasteiger partial charge is 0.409 e. The highest BCUT2D eigenvalue weighted by Gasteiger charge is 2.03. The summed E-state index contributed by atoms with van der Waals surface area (Å²) in [5.74, 6) is 0.126. The molecule has 5 heteroatoms. The van der Waals surface area contributed by atoms with E-state index >= 15 is 0 Å². The molecule has 0 saturated carbocycles. The van der Waals surface area contributed by atoms with E-state index in [9.17, 15) is 0 Å². The van der Waals surface area contributed by atoms with Gasteiger partial charge in [0, 0.05) is 24.8 Å². The summed E-state index contributed by atoms with van der Waals surface area (Å²) in [4.78, 5) is 4.26. The molecule has 0 spiro atoms. The molecule has 2 aromatic rings. The second-order valence-electron chi connectivity index (χ2n) is 4.55. The number of nitrogens with zero attached hydrogens (tertiary/aromatic N) is 2. The van der Waals surface area contributed by atoms with Crippen LogP contribution in [0.3, 0.4) is 0 Å². The lowest BCUT2D eigenvalue weighted by molar-refractivity contribution is 0.318. The molecule has 0 unspecified atom stereocenters. The Morgan fingerprint density at radius 2 is 2.15 bits per heavy atom. The van der Waals surface area contributed by atoms with Crippen molar-refractivity contribution in [2.75, 3.05) is 0 Å². The Bertz CT molecular complexity index is 596. The first-order valence-electron chi connectivity index (χ1n) is 6.39. The molecule has 0 aliphatic rings. The van der Waals surface area contributed by atoms with Gasteiger partial charge in [-0.15, -0.1) is 0 Å². The number of hydrogen-bond donors (Lipinski definition) is 3. The van der Waals surface area contributed by atoms with Crippen LogP contribution in [-0.4, -0.2) is 16.0 Å². The van der Waals surface area contributed by atoms with E-state index in [-0.39, 0.29) is 5.84 Å². The molecule has 0 amide bonds. The fraction of sp³-hybridized carbons (Fsp3) is 0.200. The summed E-state index contributed by atoms with van der Waals surface area (Å²) in [5.41, 5.74) is 9.57. The molecule has 1 heterocycles. The van der Waals surface area contributed by atoms with Crippen molar-refractivity contribution in [1.82, 2.24) is 10.3 Å². The van der Waals surface area contributed by atoms with Gasteiger partial charge in [-0.05, 0) is 36.2 Å². The van der Waals surface area contributed by atoms with Gasteiger partial charge in [0.25, 0.3) is 0 Å². The molecule has 104 valence electrons. The Hall–Kier alpha value is -2.40. The maximum absolute atomic E-state index is 8.66. The molecule has 1 aromatic carbocycles. The highest BCUT2D eigenvalue weighted by molar-refractivity contribution is 5.97. The Morgan fingerprint density at radius 3 is 2.80 bits per heavy atom. The zero-order chi connectivity index (χ0) is 14.4. The molecule has 5 nitrogen and oxygen atoms in total. The predicted molar refractivity (Wildman–Crippen MR) is 78.5 cm³/mol. The molecule has 0 fully saturated rings. The minimum Gasteiger partial charge on any atom is -0.409 e. The molecular weight excluding hydrogens is 252 g/mol. The van der Waals surface area contributed by atoms with Gasteiger partial charge in [-0.3, -0.25) is 4.98 Å². The third-order valence-corrected chi connectivity index (χ3v) is 3.09. The van der Waals surface area contributed by atoms with Crippen LogP contribution in [0, 0.1) is 6.92 Å². The lowest BCUT2D eigenvalue weighted by atomic mass is 10.0. The summed E-state index contributed by atoms with van der Waals surface area (Å²) in [7, 11) is 0. The van der Waals surface area contributed by atoms with Crippen LogP contribution in [0.1, 0.15) is 22.4 Å². The Labute approximate surface area is 118 Å². The van der Waals surface area contributed by atoms with E-state index in [1.807, 2.05) is 43.3 Å². The molecule has 0 radical (unpaired) electrons. The zero-order valence-electron chi connectivity index (χ0n) is 11.4. The molecule has 1 aromatic heterocycles. The minimum atomic E-state index is 0.126. The van der Waals surface area contributed by atoms with E-state index in [0.29, 0.717) is 0 Å². The van der Waals surface area contributed by atoms with E-state index in [4.69, 9.17) is 10.9 Å². The second kappa shape index (κ2) is 6.68. The molecule has 0 aliphatic heterocycles. The van der Waals surface area contributed by atoms with Gasteiger partial charge >= 0.3 is 0 Å². The van der Waals surface area contributed by atoms with Gasteiger partial charge in [-0.2, -0.15) is 0 Å². The summed E-state index contributed by atoms with van der Waals surface area (Å²) in [6.45, 7) is 3.48. The summed E-state index contributed by atoms with van der Waals surface area (Å²) in [6.07, 6.45) is 1.79. The Morgan fingerprint density at radius 1 is 1.30 bits per heavy atom. The zero-order valence-corrected chi connectivity index (χ0v) is 11.4. The quantitative estimate of drug-likeness (QED) is 0.335. The number of nitrogens with two attached hydrogens (primary N) is 1. The molecule has 4 N–H and O–H groups in total. The first-order valence-corrected chi connectivity index (χ1v) is 6.39. The molecule has 0 aliphatic carbocycles. The number of amidine groups is 1. The maximum atomic E-state index is 8.66. The normalized spacial score (nSPS) is 11.6. The van der Waals surface area contributed by atoms with Crippen LogP contribution in [0.15, 0.2) is 47.8 Å². The van der Waals surface area contributed by atoms with Crippen molar-refractivity contribution in [3.05, 3.63) is 65.0 Å². The molecule has 20 heavy (non-hydrogen) atoms. The van der Waals surface area contributed by atoms with Crippen molar-refractivity contribution in [3.63, 3.8) is 0 Å². The van der Waals surface area contributed by atoms with Crippen LogP contribution in [0.2, 0.25) is 0 Å². The number of benzene rings is 1. The summed E-state index contributed by atoms with van der Waals surface area (Å²) < 4.78 is 0. The van der Waals surface area contributed by atoms with Crippen molar-refractivity contribution < 1.29 is 5.21 Å². The van der Waals surface area contributed by atoms with Gasteiger partial charge in [0.05, 0.1) is 5.69 Å². The average Bonchev–Trinajstić information content (AvgIpc) is 2.49. The topological polar surface area (TPSA) is 83.5 Å². The number of rotatable bonds is 5. The average molecular weight is 270 g/mol. The molecule has 2 rings (SSSR count). The van der Waals surface area contributed by atoms with Gasteiger partial charge < -0.3 is 16.3 Å². The van der Waals surface area contributed by atoms with Crippen molar-refractivity contribution in [3.8, 4) is 0 Å². The van der Waals surface area contributed by atoms with E-state index in [1.54, 1.807) is 6.20 Å². The van der Waals surface area contributed by atoms with Crippen LogP contribution in [-0.2, 0) is 13.1 Å². The third kappa shape index (κ3) is 3.55. The number of oxime groups is 1. The lowest BCUT2D eigenvalue weighted by Crippen LogP contribution is -2.16. The second-order valence-corrected chi connectivity index (χ2v) is 4.55. The molecule has 0 atom stereocenters. The lowest BCUT2D eigenvalue weighted by Gasteiger charge is -2.09. The number of aromatic nitrogens is 1. The number of pyridine rings is 1. The third-order valence-electron chi connectivity index (χ3n) is 3.09. The fourth-order valence-electron chi connectivity index (χ4n) is 1.94. The summed E-state index contributed by atoms with van der Waals surface area (Å²) >= 11 is 0. The number of aryl methyl sites for hydroxylation is 1. The van der Waals surface area contributed by atoms with E-state index < -0.39 is 0 Å². The van der Waals surface area contributed by atoms with Gasteiger partial charge in [0.2, 0.25) is 0 Å². The number of nitrogens with one attached hydrogen (secondary N) is 1. The Kier molecular flexibility index (Phi) is 4.68. The fourth-order valence-corrected chi connectivity index (χ4v) is 1.94. The predicted octanol–water partition coefficient (Wildman–Crippen LogP) is 1.77. The molecule has 0 saturated heterocycles. The smallest absolute Gasteiger partial charge is 0.170 e. The SMILES string of the molecule is Cc1cc(/C(N)=N/O)ccc1CNCc1ccccn1. The van der Waals surface area contributed by atoms with E-state index in [1.165, 1.54) is 5.56 Å². The highest BCUT2D eigenvalue weighted by atomic mass is 16.4.